The van der Waals surface area contributed by atoms with Gasteiger partial charge in [-0.3, -0.25) is 0 Å². The predicted octanol–water partition coefficient (Wildman–Crippen LogP) is 10.4. The summed E-state index contributed by atoms with van der Waals surface area (Å²) in [5.41, 5.74) is 4.48. The zero-order valence-corrected chi connectivity index (χ0v) is 22.5. The Morgan fingerprint density at radius 3 is 2.36 bits per heavy atom. The SMILES string of the molecule is C=C[CH]/C=C\C=C/CCCC1[C@@H]2CC3(C)C2=C(C[C@@H]1C)C(CCCCCCCCCC)[C@H]3C. The van der Waals surface area contributed by atoms with Crippen LogP contribution in [0.1, 0.15) is 118 Å². The minimum absolute atomic E-state index is 0.551. The second-order valence-electron chi connectivity index (χ2n) is 11.8. The molecule has 6 atom stereocenters. The van der Waals surface area contributed by atoms with Crippen molar-refractivity contribution in [1.29, 1.82) is 0 Å². The van der Waals surface area contributed by atoms with Crippen LogP contribution in [0.4, 0.5) is 0 Å². The van der Waals surface area contributed by atoms with Crippen LogP contribution in [0.2, 0.25) is 0 Å². The van der Waals surface area contributed by atoms with Gasteiger partial charge >= 0.3 is 0 Å². The zero-order chi connectivity index (χ0) is 23.7. The van der Waals surface area contributed by atoms with Crippen LogP contribution >= 0.6 is 0 Å². The van der Waals surface area contributed by atoms with Crippen LogP contribution < -0.4 is 0 Å². The molecule has 0 saturated heterocycles. The fourth-order valence-corrected chi connectivity index (χ4v) is 7.73. The van der Waals surface area contributed by atoms with Gasteiger partial charge in [-0.25, -0.2) is 0 Å². The molecule has 1 saturated carbocycles. The van der Waals surface area contributed by atoms with Crippen LogP contribution in [0.3, 0.4) is 0 Å². The summed E-state index contributed by atoms with van der Waals surface area (Å²) >= 11 is 0. The van der Waals surface area contributed by atoms with E-state index < -0.39 is 0 Å². The third-order valence-corrected chi connectivity index (χ3v) is 9.70. The first-order valence-corrected chi connectivity index (χ1v) is 14.6. The molecule has 185 valence electrons. The Balaban J connectivity index is 1.46. The van der Waals surface area contributed by atoms with Crippen LogP contribution in [-0.2, 0) is 0 Å². The largest absolute Gasteiger partial charge is 0.102 e. The van der Waals surface area contributed by atoms with Crippen molar-refractivity contribution in [2.45, 2.75) is 118 Å². The molecule has 3 unspecified atom stereocenters. The molecule has 0 nitrogen and oxygen atoms in total. The molecule has 0 heteroatoms. The Labute approximate surface area is 207 Å². The smallest absolute Gasteiger partial charge is 0.00446 e. The standard InChI is InChI=1S/C33H53/c1-6-8-10-12-14-16-18-20-22-28-26(3)24-30-29(23-21-19-17-15-13-11-9-7-2)27(4)33(5)25-31(28)32(30)33/h6,8,10,12,14,16,26-29,31H,1,7,9,11,13,15,17-25H2,2-5H3/b12-10-,16-14-/t26-,27+,28?,29?,31-,33?/m0/s1. The number of hydrogen-bond acceptors (Lipinski definition) is 0. The van der Waals surface area contributed by atoms with Crippen molar-refractivity contribution >= 4 is 0 Å². The number of rotatable bonds is 16. The van der Waals surface area contributed by atoms with Gasteiger partial charge in [0.05, 0.1) is 0 Å². The van der Waals surface area contributed by atoms with Gasteiger partial charge in [-0.15, -0.1) is 6.58 Å². The zero-order valence-electron chi connectivity index (χ0n) is 22.5. The van der Waals surface area contributed by atoms with E-state index in [-0.39, 0.29) is 0 Å². The van der Waals surface area contributed by atoms with Gasteiger partial charge < -0.3 is 0 Å². The minimum Gasteiger partial charge on any atom is -0.102 e. The molecule has 0 bridgehead atoms. The minimum atomic E-state index is 0.551. The average molecular weight is 450 g/mol. The van der Waals surface area contributed by atoms with Crippen molar-refractivity contribution in [1.82, 2.24) is 0 Å². The fraction of sp³-hybridized carbons (Fsp3) is 0.727. The number of allylic oxidation sites excluding steroid dienone is 7. The highest BCUT2D eigenvalue weighted by atomic mass is 14.7. The first-order valence-electron chi connectivity index (χ1n) is 14.6. The maximum absolute atomic E-state index is 3.71. The normalized spacial score (nSPS) is 33.2. The van der Waals surface area contributed by atoms with Gasteiger partial charge in [-0.05, 0) is 73.5 Å². The van der Waals surface area contributed by atoms with Crippen molar-refractivity contribution in [3.8, 4) is 0 Å². The fourth-order valence-electron chi connectivity index (χ4n) is 7.73. The molecule has 3 aliphatic rings. The second kappa shape index (κ2) is 13.2. The molecule has 1 radical (unpaired) electrons. The molecule has 0 aliphatic heterocycles. The van der Waals surface area contributed by atoms with E-state index in [0.717, 1.165) is 29.6 Å². The molecular formula is C33H53. The van der Waals surface area contributed by atoms with Gasteiger partial charge in [0.2, 0.25) is 0 Å². The Hall–Kier alpha value is -1.04. The molecule has 3 aliphatic carbocycles. The van der Waals surface area contributed by atoms with E-state index in [1.54, 1.807) is 0 Å². The Kier molecular flexibility index (Phi) is 10.6. The maximum Gasteiger partial charge on any atom is 0.00446 e. The highest BCUT2D eigenvalue weighted by Crippen LogP contribution is 2.70. The molecule has 0 aromatic rings. The lowest BCUT2D eigenvalue weighted by molar-refractivity contribution is 0.0550. The van der Waals surface area contributed by atoms with Crippen LogP contribution in [0.25, 0.3) is 0 Å². The van der Waals surface area contributed by atoms with E-state index in [1.807, 2.05) is 23.6 Å². The van der Waals surface area contributed by atoms with Crippen molar-refractivity contribution in [3.05, 3.63) is 54.5 Å². The summed E-state index contributed by atoms with van der Waals surface area (Å²) in [4.78, 5) is 0. The summed E-state index contributed by atoms with van der Waals surface area (Å²) in [5.74, 6) is 4.53. The summed E-state index contributed by atoms with van der Waals surface area (Å²) in [6.07, 6.45) is 32.4. The average Bonchev–Trinajstić information content (AvgIpc) is 2.95. The van der Waals surface area contributed by atoms with Gasteiger partial charge in [0.25, 0.3) is 0 Å². The molecule has 33 heavy (non-hydrogen) atoms. The van der Waals surface area contributed by atoms with E-state index in [9.17, 15) is 0 Å². The van der Waals surface area contributed by atoms with Crippen LogP contribution in [0.5, 0.6) is 0 Å². The lowest BCUT2D eigenvalue weighted by Gasteiger charge is -2.55. The van der Waals surface area contributed by atoms with Gasteiger partial charge in [0.1, 0.15) is 0 Å². The molecule has 0 heterocycles. The molecule has 0 aromatic heterocycles. The Morgan fingerprint density at radius 2 is 1.64 bits per heavy atom. The van der Waals surface area contributed by atoms with Gasteiger partial charge in [-0.1, -0.05) is 121 Å². The van der Waals surface area contributed by atoms with Crippen LogP contribution in [0, 0.1) is 41.4 Å². The quantitative estimate of drug-likeness (QED) is 0.125. The molecule has 0 spiro atoms. The second-order valence-corrected chi connectivity index (χ2v) is 11.8. The van der Waals surface area contributed by atoms with Gasteiger partial charge in [0, 0.05) is 6.42 Å². The van der Waals surface area contributed by atoms with Gasteiger partial charge in [0.15, 0.2) is 0 Å². The molecular weight excluding hydrogens is 396 g/mol. The van der Waals surface area contributed by atoms with E-state index >= 15 is 0 Å². The Bertz CT molecular complexity index is 691. The van der Waals surface area contributed by atoms with Crippen molar-refractivity contribution in [2.75, 3.05) is 0 Å². The van der Waals surface area contributed by atoms with Crippen molar-refractivity contribution in [2.24, 2.45) is 35.0 Å². The number of hydrogen-bond donors (Lipinski definition) is 0. The van der Waals surface area contributed by atoms with Crippen molar-refractivity contribution in [3.63, 3.8) is 0 Å². The van der Waals surface area contributed by atoms with Crippen LogP contribution in [0.15, 0.2) is 48.1 Å². The molecule has 3 rings (SSSR count). The first kappa shape index (κ1) is 26.6. The maximum atomic E-state index is 3.71. The Morgan fingerprint density at radius 1 is 0.909 bits per heavy atom. The lowest BCUT2D eigenvalue weighted by atomic mass is 9.49. The number of unbranched alkanes of at least 4 members (excludes halogenated alkanes) is 8. The monoisotopic (exact) mass is 449 g/mol. The summed E-state index contributed by atoms with van der Waals surface area (Å²) in [5, 5.41) is 0. The van der Waals surface area contributed by atoms with Crippen molar-refractivity contribution < 1.29 is 0 Å². The first-order chi connectivity index (χ1) is 16.0. The summed E-state index contributed by atoms with van der Waals surface area (Å²) < 4.78 is 0. The van der Waals surface area contributed by atoms with E-state index in [2.05, 4.69) is 58.6 Å². The van der Waals surface area contributed by atoms with E-state index in [4.69, 9.17) is 0 Å². The highest BCUT2D eigenvalue weighted by molar-refractivity contribution is 5.43. The third-order valence-electron chi connectivity index (χ3n) is 9.70. The topological polar surface area (TPSA) is 0 Å². The van der Waals surface area contributed by atoms with E-state index in [0.29, 0.717) is 5.41 Å². The lowest BCUT2D eigenvalue weighted by Crippen LogP contribution is -2.46. The highest BCUT2D eigenvalue weighted by Gasteiger charge is 2.61. The molecule has 1 fully saturated rings. The summed E-state index contributed by atoms with van der Waals surface area (Å²) in [6, 6.07) is 0. The molecule has 0 amide bonds. The van der Waals surface area contributed by atoms with Gasteiger partial charge in [-0.2, -0.15) is 0 Å². The molecule has 0 N–H and O–H groups in total. The van der Waals surface area contributed by atoms with E-state index in [1.165, 1.54) is 89.9 Å². The third kappa shape index (κ3) is 6.35. The predicted molar refractivity (Wildman–Crippen MR) is 147 cm³/mol. The summed E-state index contributed by atoms with van der Waals surface area (Å²) in [6.45, 7) is 13.8. The van der Waals surface area contributed by atoms with Crippen LogP contribution in [-0.4, -0.2) is 0 Å². The summed E-state index contributed by atoms with van der Waals surface area (Å²) in [7, 11) is 0. The molecule has 0 aromatic carbocycles.